The topological polar surface area (TPSA) is 57.6 Å². The fraction of sp³-hybridized carbons (Fsp3) is 0.818. The smallest absolute Gasteiger partial charge is 0.305 e. The first-order valence-electron chi connectivity index (χ1n) is 5.30. The lowest BCUT2D eigenvalue weighted by Gasteiger charge is -2.28. The summed E-state index contributed by atoms with van der Waals surface area (Å²) in [6.07, 6.45) is 0.864. The third kappa shape index (κ3) is 5.40. The van der Waals surface area contributed by atoms with E-state index in [2.05, 4.69) is 0 Å². The van der Waals surface area contributed by atoms with E-state index in [9.17, 15) is 9.59 Å². The zero-order valence-corrected chi connectivity index (χ0v) is 10.0. The molecule has 0 aromatic rings. The Kier molecular flexibility index (Phi) is 5.33. The standard InChI is InChI=1S/C11H21NO3/c1-5-7-12(8-6-9(13)14)10(15)11(2,3)4/h5-8H2,1-4H3,(H,13,14). The number of hydrogen-bond donors (Lipinski definition) is 1. The van der Waals surface area contributed by atoms with Crippen LogP contribution in [-0.2, 0) is 9.59 Å². The summed E-state index contributed by atoms with van der Waals surface area (Å²) < 4.78 is 0. The van der Waals surface area contributed by atoms with Crippen molar-refractivity contribution < 1.29 is 14.7 Å². The Hall–Kier alpha value is -1.06. The molecule has 15 heavy (non-hydrogen) atoms. The van der Waals surface area contributed by atoms with Crippen LogP contribution in [-0.4, -0.2) is 35.0 Å². The zero-order valence-electron chi connectivity index (χ0n) is 10.0. The highest BCUT2D eigenvalue weighted by Crippen LogP contribution is 2.17. The van der Waals surface area contributed by atoms with E-state index in [4.69, 9.17) is 5.11 Å². The minimum absolute atomic E-state index is 0.0157. The summed E-state index contributed by atoms with van der Waals surface area (Å²) in [5, 5.41) is 8.58. The van der Waals surface area contributed by atoms with Crippen molar-refractivity contribution in [2.24, 2.45) is 5.41 Å². The molecule has 0 aliphatic rings. The molecule has 0 bridgehead atoms. The molecule has 0 saturated carbocycles. The summed E-state index contributed by atoms with van der Waals surface area (Å²) in [5.41, 5.74) is -0.437. The van der Waals surface area contributed by atoms with Gasteiger partial charge in [0.25, 0.3) is 0 Å². The van der Waals surface area contributed by atoms with Gasteiger partial charge in [0.1, 0.15) is 0 Å². The molecule has 0 rings (SSSR count). The minimum atomic E-state index is -0.863. The molecule has 0 aliphatic heterocycles. The second-order valence-electron chi connectivity index (χ2n) is 4.69. The van der Waals surface area contributed by atoms with Crippen LogP contribution >= 0.6 is 0 Å². The van der Waals surface area contributed by atoms with E-state index in [1.165, 1.54) is 0 Å². The van der Waals surface area contributed by atoms with E-state index in [1.54, 1.807) is 4.90 Å². The zero-order chi connectivity index (χ0) is 12.1. The van der Waals surface area contributed by atoms with Gasteiger partial charge in [-0.15, -0.1) is 0 Å². The first-order chi connectivity index (χ1) is 6.79. The second-order valence-corrected chi connectivity index (χ2v) is 4.69. The van der Waals surface area contributed by atoms with Gasteiger partial charge in [-0.3, -0.25) is 9.59 Å². The van der Waals surface area contributed by atoms with Gasteiger partial charge in [-0.25, -0.2) is 0 Å². The Morgan fingerprint density at radius 2 is 1.73 bits per heavy atom. The van der Waals surface area contributed by atoms with Crippen molar-refractivity contribution in [2.75, 3.05) is 13.1 Å². The first kappa shape index (κ1) is 13.9. The molecule has 0 saturated heterocycles. The van der Waals surface area contributed by atoms with Crippen LogP contribution in [0.4, 0.5) is 0 Å². The van der Waals surface area contributed by atoms with Crippen molar-refractivity contribution in [3.8, 4) is 0 Å². The Balaban J connectivity index is 4.38. The largest absolute Gasteiger partial charge is 0.481 e. The van der Waals surface area contributed by atoms with Gasteiger partial charge in [0, 0.05) is 18.5 Å². The highest BCUT2D eigenvalue weighted by atomic mass is 16.4. The van der Waals surface area contributed by atoms with Crippen LogP contribution in [0.2, 0.25) is 0 Å². The van der Waals surface area contributed by atoms with Crippen molar-refractivity contribution >= 4 is 11.9 Å². The van der Waals surface area contributed by atoms with Gasteiger partial charge < -0.3 is 10.0 Å². The highest BCUT2D eigenvalue weighted by Gasteiger charge is 2.26. The van der Waals surface area contributed by atoms with Crippen LogP contribution in [0.15, 0.2) is 0 Å². The first-order valence-corrected chi connectivity index (χ1v) is 5.30. The average Bonchev–Trinajstić information content (AvgIpc) is 2.09. The quantitative estimate of drug-likeness (QED) is 0.760. The minimum Gasteiger partial charge on any atom is -0.481 e. The van der Waals surface area contributed by atoms with Crippen molar-refractivity contribution in [1.29, 1.82) is 0 Å². The monoisotopic (exact) mass is 215 g/mol. The van der Waals surface area contributed by atoms with E-state index >= 15 is 0 Å². The van der Waals surface area contributed by atoms with Crippen molar-refractivity contribution in [3.63, 3.8) is 0 Å². The maximum absolute atomic E-state index is 11.9. The van der Waals surface area contributed by atoms with E-state index in [0.29, 0.717) is 13.1 Å². The maximum Gasteiger partial charge on any atom is 0.305 e. The number of carbonyl (C=O) groups excluding carboxylic acids is 1. The molecule has 4 nitrogen and oxygen atoms in total. The summed E-state index contributed by atoms with van der Waals surface area (Å²) in [6, 6.07) is 0. The fourth-order valence-electron chi connectivity index (χ4n) is 1.29. The van der Waals surface area contributed by atoms with Gasteiger partial charge in [-0.1, -0.05) is 27.7 Å². The predicted octanol–water partition coefficient (Wildman–Crippen LogP) is 1.75. The molecular weight excluding hydrogens is 194 g/mol. The van der Waals surface area contributed by atoms with Crippen molar-refractivity contribution in [3.05, 3.63) is 0 Å². The number of aliphatic carboxylic acids is 1. The summed E-state index contributed by atoms with van der Waals surface area (Å²) in [6.45, 7) is 8.45. The molecule has 0 spiro atoms. The van der Waals surface area contributed by atoms with Gasteiger partial charge >= 0.3 is 5.97 Å². The molecule has 0 aromatic heterocycles. The van der Waals surface area contributed by atoms with Crippen LogP contribution < -0.4 is 0 Å². The molecular formula is C11H21NO3. The highest BCUT2D eigenvalue weighted by molar-refractivity contribution is 5.82. The number of carboxylic acid groups (broad SMARTS) is 1. The normalized spacial score (nSPS) is 11.2. The predicted molar refractivity (Wildman–Crippen MR) is 58.6 cm³/mol. The molecule has 4 heteroatoms. The number of carboxylic acids is 1. The third-order valence-electron chi connectivity index (χ3n) is 2.02. The lowest BCUT2D eigenvalue weighted by molar-refractivity contribution is -0.142. The lowest BCUT2D eigenvalue weighted by atomic mass is 9.94. The molecule has 1 amide bonds. The maximum atomic E-state index is 11.9. The van der Waals surface area contributed by atoms with Gasteiger partial charge in [-0.05, 0) is 6.42 Å². The van der Waals surface area contributed by atoms with Crippen LogP contribution in [0.1, 0.15) is 40.5 Å². The van der Waals surface area contributed by atoms with E-state index in [0.717, 1.165) is 6.42 Å². The van der Waals surface area contributed by atoms with Crippen LogP contribution in [0.3, 0.4) is 0 Å². The summed E-state index contributed by atoms with van der Waals surface area (Å²) in [7, 11) is 0. The van der Waals surface area contributed by atoms with Gasteiger partial charge in [0.2, 0.25) is 5.91 Å². The second kappa shape index (κ2) is 5.73. The van der Waals surface area contributed by atoms with Crippen LogP contribution in [0.25, 0.3) is 0 Å². The number of rotatable bonds is 5. The van der Waals surface area contributed by atoms with E-state index < -0.39 is 11.4 Å². The van der Waals surface area contributed by atoms with Gasteiger partial charge in [0.15, 0.2) is 0 Å². The Morgan fingerprint density at radius 3 is 2.07 bits per heavy atom. The molecule has 88 valence electrons. The molecule has 0 aromatic carbocycles. The Morgan fingerprint density at radius 1 is 1.20 bits per heavy atom. The van der Waals surface area contributed by atoms with E-state index in [1.807, 2.05) is 27.7 Å². The fourth-order valence-corrected chi connectivity index (χ4v) is 1.29. The molecule has 0 heterocycles. The van der Waals surface area contributed by atoms with E-state index in [-0.39, 0.29) is 12.3 Å². The van der Waals surface area contributed by atoms with Crippen molar-refractivity contribution in [2.45, 2.75) is 40.5 Å². The summed E-state index contributed by atoms with van der Waals surface area (Å²) in [4.78, 5) is 24.0. The molecule has 0 fully saturated rings. The summed E-state index contributed by atoms with van der Waals surface area (Å²) in [5.74, 6) is -0.844. The average molecular weight is 215 g/mol. The molecule has 0 atom stereocenters. The van der Waals surface area contributed by atoms with Gasteiger partial charge in [-0.2, -0.15) is 0 Å². The molecule has 0 aliphatic carbocycles. The summed E-state index contributed by atoms with van der Waals surface area (Å²) >= 11 is 0. The SMILES string of the molecule is CCCN(CCC(=O)O)C(=O)C(C)(C)C. The van der Waals surface area contributed by atoms with Gasteiger partial charge in [0.05, 0.1) is 6.42 Å². The molecule has 1 N–H and O–H groups in total. The number of carbonyl (C=O) groups is 2. The van der Waals surface area contributed by atoms with Crippen molar-refractivity contribution in [1.82, 2.24) is 4.90 Å². The molecule has 0 radical (unpaired) electrons. The number of amides is 1. The number of hydrogen-bond acceptors (Lipinski definition) is 2. The van der Waals surface area contributed by atoms with Crippen LogP contribution in [0, 0.1) is 5.41 Å². The van der Waals surface area contributed by atoms with Crippen LogP contribution in [0.5, 0.6) is 0 Å². The Labute approximate surface area is 91.3 Å². The number of nitrogens with zero attached hydrogens (tertiary/aromatic N) is 1. The third-order valence-corrected chi connectivity index (χ3v) is 2.02. The Bertz CT molecular complexity index is 230. The lowest BCUT2D eigenvalue weighted by Crippen LogP contribution is -2.41. The molecule has 0 unspecified atom stereocenters.